The maximum absolute atomic E-state index is 12.6. The Morgan fingerprint density at radius 2 is 1.44 bits per heavy atom. The van der Waals surface area contributed by atoms with Gasteiger partial charge in [0.15, 0.2) is 6.54 Å². The van der Waals surface area contributed by atoms with Gasteiger partial charge in [-0.2, -0.15) is 4.31 Å². The number of sulfonamides is 1. The maximum atomic E-state index is 12.6. The van der Waals surface area contributed by atoms with Gasteiger partial charge in [-0.25, -0.2) is 8.42 Å². The molecule has 1 aromatic carbocycles. The lowest BCUT2D eigenvalue weighted by molar-refractivity contribution is -0.683. The van der Waals surface area contributed by atoms with Crippen molar-refractivity contribution in [1.82, 2.24) is 9.21 Å². The van der Waals surface area contributed by atoms with Gasteiger partial charge in [0.05, 0.1) is 4.90 Å². The molecule has 7 heteroatoms. The molecule has 2 N–H and O–H groups in total. The van der Waals surface area contributed by atoms with Crippen LogP contribution in [0.2, 0.25) is 0 Å². The van der Waals surface area contributed by atoms with Crippen LogP contribution in [0.15, 0.2) is 29.2 Å². The van der Waals surface area contributed by atoms with E-state index in [2.05, 4.69) is 0 Å². The fraction of sp³-hybridized carbons (Fsp3) is 0.650. The van der Waals surface area contributed by atoms with Crippen LogP contribution in [0.4, 0.5) is 0 Å². The van der Waals surface area contributed by atoms with Crippen molar-refractivity contribution in [3.8, 4) is 0 Å². The van der Waals surface area contributed by atoms with Gasteiger partial charge in [-0.3, -0.25) is 4.79 Å². The Balaban J connectivity index is 2.80. The molecule has 0 saturated carbocycles. The highest BCUT2D eigenvalue weighted by Gasteiger charge is 2.24. The summed E-state index contributed by atoms with van der Waals surface area (Å²) >= 11 is 0. The summed E-state index contributed by atoms with van der Waals surface area (Å²) in [5.41, 5.74) is 1.00. The van der Waals surface area contributed by atoms with E-state index in [-0.39, 0.29) is 24.0 Å². The molecule has 1 atom stereocenters. The highest BCUT2D eigenvalue weighted by molar-refractivity contribution is 7.89. The Morgan fingerprint density at radius 3 is 1.85 bits per heavy atom. The Labute approximate surface area is 165 Å². The molecule has 1 aromatic rings. The quantitative estimate of drug-likeness (QED) is 0.655. The molecule has 0 saturated heterocycles. The Bertz CT molecular complexity index is 688. The van der Waals surface area contributed by atoms with Crippen molar-refractivity contribution in [2.75, 3.05) is 19.6 Å². The lowest BCUT2D eigenvalue weighted by atomic mass is 10.1. The molecule has 154 valence electrons. The molecule has 0 aromatic heterocycles. The molecule has 0 radical (unpaired) electrons. The predicted molar refractivity (Wildman–Crippen MR) is 109 cm³/mol. The third-order valence-corrected chi connectivity index (χ3v) is 6.86. The van der Waals surface area contributed by atoms with E-state index in [1.165, 1.54) is 4.31 Å². The second-order valence-electron chi connectivity index (χ2n) is 7.38. The third kappa shape index (κ3) is 6.02. The average Bonchev–Trinajstić information content (AvgIpc) is 2.60. The third-order valence-electron chi connectivity index (χ3n) is 4.80. The summed E-state index contributed by atoms with van der Waals surface area (Å²) in [4.78, 5) is 14.7. The minimum Gasteiger partial charge on any atom is -0.333 e. The highest BCUT2D eigenvalue weighted by atomic mass is 32.2. The molecular formula is C20H36N3O3S+. The van der Waals surface area contributed by atoms with Gasteiger partial charge in [-0.15, -0.1) is 0 Å². The number of hydrogen-bond acceptors (Lipinski definition) is 3. The Morgan fingerprint density at radius 1 is 0.963 bits per heavy atom. The molecule has 1 amide bonds. The van der Waals surface area contributed by atoms with Gasteiger partial charge in [0.25, 0.3) is 5.91 Å². The van der Waals surface area contributed by atoms with E-state index < -0.39 is 10.0 Å². The number of nitrogens with zero attached hydrogens (tertiary/aromatic N) is 2. The largest absolute Gasteiger partial charge is 0.333 e. The first-order valence-corrected chi connectivity index (χ1v) is 11.2. The van der Waals surface area contributed by atoms with E-state index in [0.29, 0.717) is 24.5 Å². The lowest BCUT2D eigenvalue weighted by Gasteiger charge is -2.30. The van der Waals surface area contributed by atoms with E-state index in [0.717, 1.165) is 5.56 Å². The van der Waals surface area contributed by atoms with Crippen LogP contribution in [0.3, 0.4) is 0 Å². The molecule has 0 spiro atoms. The van der Waals surface area contributed by atoms with Crippen LogP contribution in [-0.4, -0.2) is 55.2 Å². The van der Waals surface area contributed by atoms with Gasteiger partial charge in [-0.1, -0.05) is 26.0 Å². The summed E-state index contributed by atoms with van der Waals surface area (Å²) in [5, 5.41) is 1.99. The molecule has 0 heterocycles. The number of rotatable bonds is 10. The fourth-order valence-electron chi connectivity index (χ4n) is 3.35. The van der Waals surface area contributed by atoms with Gasteiger partial charge in [0.1, 0.15) is 6.04 Å². The number of amides is 1. The molecule has 0 aliphatic heterocycles. The van der Waals surface area contributed by atoms with E-state index in [4.69, 9.17) is 0 Å². The van der Waals surface area contributed by atoms with Crippen LogP contribution < -0.4 is 5.32 Å². The number of carbonyl (C=O) groups is 1. The number of hydrogen-bond donors (Lipinski definition) is 1. The molecule has 6 nitrogen and oxygen atoms in total. The van der Waals surface area contributed by atoms with Crippen molar-refractivity contribution < 1.29 is 18.5 Å². The number of carbonyl (C=O) groups excluding carboxylic acids is 1. The molecule has 1 rings (SSSR count). The van der Waals surface area contributed by atoms with Gasteiger partial charge >= 0.3 is 0 Å². The van der Waals surface area contributed by atoms with Crippen molar-refractivity contribution in [3.63, 3.8) is 0 Å². The monoisotopic (exact) mass is 398 g/mol. The predicted octanol–water partition coefficient (Wildman–Crippen LogP) is 1.99. The van der Waals surface area contributed by atoms with Crippen molar-refractivity contribution in [3.05, 3.63) is 29.8 Å². The van der Waals surface area contributed by atoms with Gasteiger partial charge in [0, 0.05) is 30.7 Å². The lowest BCUT2D eigenvalue weighted by Crippen LogP contribution is -2.87. The van der Waals surface area contributed by atoms with E-state index in [1.807, 2.05) is 70.8 Å². The molecule has 0 aliphatic carbocycles. The molecule has 0 fully saturated rings. The van der Waals surface area contributed by atoms with Crippen LogP contribution in [0.5, 0.6) is 0 Å². The Kier molecular flexibility index (Phi) is 8.91. The summed E-state index contributed by atoms with van der Waals surface area (Å²) in [7, 11) is -3.44. The first-order chi connectivity index (χ1) is 12.6. The second-order valence-corrected chi connectivity index (χ2v) is 9.31. The average molecular weight is 399 g/mol. The van der Waals surface area contributed by atoms with E-state index in [1.54, 1.807) is 12.1 Å². The first-order valence-electron chi connectivity index (χ1n) is 9.80. The second kappa shape index (κ2) is 10.2. The van der Waals surface area contributed by atoms with Crippen LogP contribution in [-0.2, 0) is 14.8 Å². The van der Waals surface area contributed by atoms with Crippen molar-refractivity contribution >= 4 is 15.9 Å². The summed E-state index contributed by atoms with van der Waals surface area (Å²) in [6, 6.07) is 7.40. The van der Waals surface area contributed by atoms with Crippen LogP contribution in [0, 0.1) is 0 Å². The minimum atomic E-state index is -3.44. The van der Waals surface area contributed by atoms with Gasteiger partial charge in [0.2, 0.25) is 10.0 Å². The molecule has 0 bridgehead atoms. The summed E-state index contributed by atoms with van der Waals surface area (Å²) in [6.45, 7) is 15.1. The first kappa shape index (κ1) is 23.6. The van der Waals surface area contributed by atoms with Crippen molar-refractivity contribution in [2.45, 2.75) is 71.5 Å². The minimum absolute atomic E-state index is 0.0698. The van der Waals surface area contributed by atoms with Crippen LogP contribution in [0.1, 0.15) is 60.1 Å². The highest BCUT2D eigenvalue weighted by Crippen LogP contribution is 2.18. The number of quaternary nitrogens is 1. The number of nitrogens with two attached hydrogens (primary N) is 1. The van der Waals surface area contributed by atoms with Gasteiger partial charge < -0.3 is 10.2 Å². The molecule has 27 heavy (non-hydrogen) atoms. The normalized spacial score (nSPS) is 13.4. The fourth-order valence-corrected chi connectivity index (χ4v) is 4.81. The van der Waals surface area contributed by atoms with E-state index in [9.17, 15) is 13.2 Å². The summed E-state index contributed by atoms with van der Waals surface area (Å²) in [6.07, 6.45) is 0. The van der Waals surface area contributed by atoms with Crippen LogP contribution in [0.25, 0.3) is 0 Å². The summed E-state index contributed by atoms with van der Waals surface area (Å²) in [5.74, 6) is 0.118. The Hall–Kier alpha value is -1.44. The van der Waals surface area contributed by atoms with Crippen molar-refractivity contribution in [2.24, 2.45) is 0 Å². The topological polar surface area (TPSA) is 74.3 Å². The molecule has 0 aliphatic rings. The van der Waals surface area contributed by atoms with Crippen LogP contribution >= 0.6 is 0 Å². The van der Waals surface area contributed by atoms with E-state index >= 15 is 0 Å². The number of benzene rings is 1. The standard InChI is InChI=1S/C20H35N3O3S/c1-8-22(9-2)27(25,26)19-12-10-18(11-13-19)17(7)21-14-20(24)23(15(3)4)16(5)6/h10-13,15-17,21H,8-9,14H2,1-7H3/p+1/t17-/m1/s1. The molecule has 0 unspecified atom stereocenters. The molecular weight excluding hydrogens is 362 g/mol. The van der Waals surface area contributed by atoms with Gasteiger partial charge in [-0.05, 0) is 46.8 Å². The zero-order valence-electron chi connectivity index (χ0n) is 17.8. The summed E-state index contributed by atoms with van der Waals surface area (Å²) < 4.78 is 26.6. The zero-order chi connectivity index (χ0) is 20.8. The maximum Gasteiger partial charge on any atom is 0.278 e. The zero-order valence-corrected chi connectivity index (χ0v) is 18.6. The van der Waals surface area contributed by atoms with Crippen molar-refractivity contribution in [1.29, 1.82) is 0 Å². The smallest absolute Gasteiger partial charge is 0.278 e. The SMILES string of the molecule is CCN(CC)S(=O)(=O)c1ccc([C@@H](C)[NH2+]CC(=O)N(C(C)C)C(C)C)cc1.